The molecule has 0 saturated carbocycles. The van der Waals surface area contributed by atoms with Gasteiger partial charge in [0.15, 0.2) is 22.3 Å². The first-order valence-electron chi connectivity index (χ1n) is 32.4. The van der Waals surface area contributed by atoms with Crippen LogP contribution in [0.4, 0.5) is 4.39 Å². The van der Waals surface area contributed by atoms with E-state index in [-0.39, 0.29) is 111 Å². The van der Waals surface area contributed by atoms with E-state index in [1.165, 1.54) is 82.4 Å². The molecule has 0 radical (unpaired) electrons. The van der Waals surface area contributed by atoms with Crippen molar-refractivity contribution in [2.75, 3.05) is 0 Å². The van der Waals surface area contributed by atoms with Gasteiger partial charge in [-0.1, -0.05) is 266 Å². The largest absolute Gasteiger partial charge is 0.418 e. The molecule has 9 aromatic heterocycles. The number of Topliss-reactive ketones (excluding diaryl/α,β-unsaturated/α-hetero) is 1. The number of ketones is 1. The van der Waals surface area contributed by atoms with E-state index in [1.807, 2.05) is 99.9 Å². The molecule has 9 rings (SSSR count). The van der Waals surface area contributed by atoms with E-state index >= 15 is 0 Å². The predicted octanol–water partition coefficient (Wildman–Crippen LogP) is 33.2. The van der Waals surface area contributed by atoms with Crippen LogP contribution in [0.1, 0.15) is 340 Å². The van der Waals surface area contributed by atoms with Gasteiger partial charge in [0, 0.05) is 58.5 Å². The van der Waals surface area contributed by atoms with E-state index in [2.05, 4.69) is 262 Å². The summed E-state index contributed by atoms with van der Waals surface area (Å²) in [5.41, 5.74) is 2.11. The van der Waals surface area contributed by atoms with Gasteiger partial charge in [0.05, 0.1) is 11.1 Å². The number of carbonyl (C=O) groups is 3. The van der Waals surface area contributed by atoms with E-state index in [4.69, 9.17) is 15.7 Å². The second kappa shape index (κ2) is 54.1. The Kier molecular flexibility index (Phi) is 61.2. The molecule has 0 spiro atoms. The van der Waals surface area contributed by atoms with Crippen molar-refractivity contribution in [2.45, 2.75) is 330 Å². The second-order valence-corrected chi connectivity index (χ2v) is 41.9. The third kappa shape index (κ3) is 51.5. The van der Waals surface area contributed by atoms with Gasteiger partial charge >= 0.3 is 6.15 Å². The highest BCUT2D eigenvalue weighted by Crippen LogP contribution is 2.36. The molecule has 9 aromatic rings. The Hall–Kier alpha value is -4.58. The smallest absolute Gasteiger partial charge is 0.373 e. The monoisotopic (exact) mass is 1620 g/mol. The second-order valence-electron chi connectivity index (χ2n) is 31.9. The van der Waals surface area contributed by atoms with Crippen LogP contribution in [0, 0.1) is 25.9 Å². The summed E-state index contributed by atoms with van der Waals surface area (Å²) in [4.78, 5) is 65.6. The molecule has 9 heterocycles. The summed E-state index contributed by atoms with van der Waals surface area (Å²) in [7, 11) is 0. The molecule has 0 amide bonds. The zero-order chi connectivity index (χ0) is 75.5. The summed E-state index contributed by atoms with van der Waals surface area (Å²) in [6.45, 7) is 67.5. The zero-order valence-corrected chi connectivity index (χ0v) is 71.0. The van der Waals surface area contributed by atoms with Crippen LogP contribution in [0.5, 0.6) is 5.06 Å². The van der Waals surface area contributed by atoms with E-state index < -0.39 is 0 Å². The lowest BCUT2D eigenvalue weighted by Crippen LogP contribution is -2.07. The molecule has 0 aromatic carbocycles. The summed E-state index contributed by atoms with van der Waals surface area (Å²) in [5.74, 6) is 0.163. The minimum absolute atomic E-state index is 0. The number of aryl methyl sites for hydroxylation is 3. The molecule has 0 unspecified atom stereocenters. The Balaban J connectivity index is -0.000000120. The fourth-order valence-electron chi connectivity index (χ4n) is 7.16. The number of rotatable bonds is 4. The van der Waals surface area contributed by atoms with Crippen LogP contribution in [-0.4, -0.2) is 24.7 Å². The lowest BCUT2D eigenvalue weighted by Gasteiger charge is -2.15. The van der Waals surface area contributed by atoms with Crippen LogP contribution in [0.2, 0.25) is 0 Å². The highest BCUT2D eigenvalue weighted by Gasteiger charge is 2.21. The third-order valence-electron chi connectivity index (χ3n) is 12.9. The molecule has 604 valence electrons. The van der Waals surface area contributed by atoms with Gasteiger partial charge in [-0.15, -0.1) is 102 Å². The van der Waals surface area contributed by atoms with Crippen molar-refractivity contribution in [1.29, 1.82) is 0 Å². The lowest BCUT2D eigenvalue weighted by molar-refractivity contribution is -0.191. The van der Waals surface area contributed by atoms with Crippen LogP contribution in [0.15, 0.2) is 120 Å². The summed E-state index contributed by atoms with van der Waals surface area (Å²) in [5, 5.41) is 3.35. The Labute approximate surface area is 684 Å². The van der Waals surface area contributed by atoms with Crippen LogP contribution >= 0.6 is 102 Å². The average Bonchev–Trinajstić information content (AvgIpc) is 1.73. The molecule has 6 nitrogen and oxygen atoms in total. The van der Waals surface area contributed by atoms with Crippen molar-refractivity contribution in [3.63, 3.8) is 0 Å². The molecule has 0 saturated heterocycles. The summed E-state index contributed by atoms with van der Waals surface area (Å²) < 4.78 is 24.5. The van der Waals surface area contributed by atoms with Crippen LogP contribution < -0.4 is 4.74 Å². The highest BCUT2D eigenvalue weighted by atomic mass is 32.1. The fourth-order valence-corrected chi connectivity index (χ4v) is 15.0. The average molecular weight is 1620 g/mol. The number of carbonyl (C=O) groups excluding carboxylic acids is 5. The van der Waals surface area contributed by atoms with Crippen LogP contribution in [0.3, 0.4) is 0 Å². The van der Waals surface area contributed by atoms with E-state index in [0.29, 0.717) is 38.6 Å². The van der Waals surface area contributed by atoms with Crippen molar-refractivity contribution >= 4 is 127 Å². The van der Waals surface area contributed by atoms with Gasteiger partial charge in [-0.2, -0.15) is 14.0 Å². The van der Waals surface area contributed by atoms with Crippen LogP contribution in [0.25, 0.3) is 0 Å². The molecule has 0 N–H and O–H groups in total. The number of hydrogen-bond acceptors (Lipinski definition) is 15. The minimum atomic E-state index is -0.0927. The maximum atomic E-state index is 12.5. The topological polar surface area (TPSA) is 94.6 Å². The van der Waals surface area contributed by atoms with E-state index in [1.54, 1.807) is 40.9 Å². The number of ether oxygens (including phenoxy) is 1. The molecule has 16 heteroatoms. The molecule has 0 aliphatic heterocycles. The summed E-state index contributed by atoms with van der Waals surface area (Å²) >= 11 is 15.0. The molecule has 105 heavy (non-hydrogen) atoms. The van der Waals surface area contributed by atoms with E-state index in [0.717, 1.165) is 20.9 Å². The fraction of sp³-hybridized carbons (Fsp3) is 0.551. The molecule has 0 aliphatic rings. The molecule has 0 bridgehead atoms. The maximum absolute atomic E-state index is 12.5. The molecule has 0 fully saturated rings. The Bertz CT molecular complexity index is 3390. The number of aldehydes is 1. The van der Waals surface area contributed by atoms with Crippen molar-refractivity contribution in [3.05, 3.63) is 193 Å². The molecular weight excluding hydrogens is 1470 g/mol. The first-order chi connectivity index (χ1) is 44.0. The zero-order valence-electron chi connectivity index (χ0n) is 64.6. The Morgan fingerprint density at radius 1 is 0.371 bits per heavy atom. The number of thiophene rings is 9. The number of hydrogen-bond donors (Lipinski definition) is 0. The van der Waals surface area contributed by atoms with Gasteiger partial charge in [0.2, 0.25) is 0 Å². The van der Waals surface area contributed by atoms with E-state index in [9.17, 15) is 18.8 Å². The molecule has 0 atom stereocenters. The van der Waals surface area contributed by atoms with Crippen molar-refractivity contribution in [3.8, 4) is 5.06 Å². The molecular formula is C89H151FO6S9. The Morgan fingerprint density at radius 3 is 0.838 bits per heavy atom. The van der Waals surface area contributed by atoms with Gasteiger partial charge in [0.1, 0.15) is 0 Å². The van der Waals surface area contributed by atoms with Gasteiger partial charge in [-0.25, -0.2) is 0 Å². The quantitative estimate of drug-likeness (QED) is 0.129. The van der Waals surface area contributed by atoms with Crippen LogP contribution in [-0.2, 0) is 63.1 Å². The first kappa shape index (κ1) is 119. The van der Waals surface area contributed by atoms with Gasteiger partial charge < -0.3 is 4.74 Å². The number of halogens is 1. The lowest BCUT2D eigenvalue weighted by atomic mass is 9.95. The highest BCUT2D eigenvalue weighted by molar-refractivity contribution is 7.15. The predicted molar refractivity (Wildman–Crippen MR) is 489 cm³/mol. The molecule has 0 aliphatic carbocycles. The summed E-state index contributed by atoms with van der Waals surface area (Å²) in [6.07, 6.45) is 1.15. The van der Waals surface area contributed by atoms with Crippen molar-refractivity contribution < 1.29 is 34.5 Å². The van der Waals surface area contributed by atoms with Gasteiger partial charge in [-0.05, 0) is 184 Å². The third-order valence-corrected chi connectivity index (χ3v) is 25.4. The first-order valence-corrected chi connectivity index (χ1v) is 39.4. The van der Waals surface area contributed by atoms with Gasteiger partial charge in [-0.3, -0.25) is 14.4 Å². The standard InChI is InChI=1S/C10H14OS.C9H12O2S.C9H12OS.3C9H14S.C8H11FS.2C8H12S.CO2.9CH4/c1-7(11)8-5-6-9(12-8)10(2,3)4;1-9(2,3)7-4-5-8(12-7)11-6-10;1-9(2,3)8-5-4-7(6-10)11-8;3*1-7-5-6-8(10-7)9(2,3)4;1-8(2,3)6-4-5-7(9)10-6;2*1-8(2,3)7-5-4-6-9-7;2-1-3;;;;;;;;;/h5-6H,1-4H3;4-6H,1-3H3;4-6H,1-3H3;3*5-6H,1-4H3;4-5H,1-3H3;2*4-6H,1-3H3;;9*1H4/i;;;1-1;;;9-1;6T;;;;;;;;;;;. The summed E-state index contributed by atoms with van der Waals surface area (Å²) in [6, 6.07) is 36.4. The van der Waals surface area contributed by atoms with Crippen molar-refractivity contribution in [2.24, 2.45) is 0 Å². The van der Waals surface area contributed by atoms with Gasteiger partial charge in [0.25, 0.3) is 6.47 Å². The van der Waals surface area contributed by atoms with Crippen molar-refractivity contribution in [1.82, 2.24) is 0 Å². The Morgan fingerprint density at radius 2 is 0.657 bits per heavy atom. The normalized spacial score (nSPS) is 10.6. The SMILES string of the molecule is C.C.C.C.C.C.C.C.C.CC(=O)c1ccc(C(C)(C)C)s1.CC(C)(C)c1ccc(C=O)s1.CC(C)(C)c1ccc(OC=O)s1.CC(C)(C)c1ccc([11CH3])s1.CC(C)(C)c1ccc([18F])s1.CC(C)(C)c1cccs1.Cc1ccc(C(C)(C)C)s1.Cc1ccc(C(C)(C)C)s1.O=C=O.[3H]c1ccc(C(C)(C)C)s1. The maximum Gasteiger partial charge on any atom is 0.373 e. The minimum Gasteiger partial charge on any atom is -0.418 e.